The largest absolute Gasteiger partial charge is 0.493 e. The van der Waals surface area contributed by atoms with Crippen LogP contribution in [0.5, 0.6) is 11.5 Å². The van der Waals surface area contributed by atoms with E-state index in [1.165, 1.54) is 19.3 Å². The lowest BCUT2D eigenvalue weighted by atomic mass is 10.0. The van der Waals surface area contributed by atoms with Gasteiger partial charge in [-0.2, -0.15) is 0 Å². The van der Waals surface area contributed by atoms with Crippen molar-refractivity contribution in [2.45, 2.75) is 45.2 Å². The first-order valence-corrected chi connectivity index (χ1v) is 8.60. The molecule has 1 saturated heterocycles. The first-order chi connectivity index (χ1) is 11.5. The topological polar surface area (TPSA) is 72.1 Å². The summed E-state index contributed by atoms with van der Waals surface area (Å²) < 4.78 is 10.5. The summed E-state index contributed by atoms with van der Waals surface area (Å²) in [7, 11) is 3.23. The molecule has 0 aliphatic carbocycles. The monoisotopic (exact) mass is 462 g/mol. The Kier molecular flexibility index (Phi) is 9.34. The SMILES string of the molecule is COc1ccc(NC(N)=NCC(C)N2CCCCC2C)cc1OC.I. The number of anilines is 1. The molecular weight excluding hydrogens is 431 g/mol. The molecular formula is C18H31IN4O2. The second-order valence-corrected chi connectivity index (χ2v) is 6.35. The van der Waals surface area contributed by atoms with Crippen LogP contribution in [-0.2, 0) is 0 Å². The lowest BCUT2D eigenvalue weighted by Gasteiger charge is -2.37. The number of nitrogens with two attached hydrogens (primary N) is 1. The van der Waals surface area contributed by atoms with Crippen LogP contribution in [0.4, 0.5) is 5.69 Å². The summed E-state index contributed by atoms with van der Waals surface area (Å²) in [5, 5.41) is 3.11. The van der Waals surface area contributed by atoms with Gasteiger partial charge in [0.25, 0.3) is 0 Å². The maximum atomic E-state index is 6.03. The van der Waals surface area contributed by atoms with E-state index in [-0.39, 0.29) is 24.0 Å². The fourth-order valence-electron chi connectivity index (χ4n) is 3.21. The minimum Gasteiger partial charge on any atom is -0.493 e. The highest BCUT2D eigenvalue weighted by Crippen LogP contribution is 2.29. The van der Waals surface area contributed by atoms with Crippen LogP contribution in [-0.4, -0.2) is 50.3 Å². The smallest absolute Gasteiger partial charge is 0.193 e. The van der Waals surface area contributed by atoms with Gasteiger partial charge in [-0.1, -0.05) is 6.42 Å². The van der Waals surface area contributed by atoms with Crippen molar-refractivity contribution < 1.29 is 9.47 Å². The van der Waals surface area contributed by atoms with E-state index in [2.05, 4.69) is 29.1 Å². The van der Waals surface area contributed by atoms with E-state index >= 15 is 0 Å². The summed E-state index contributed by atoms with van der Waals surface area (Å²) in [4.78, 5) is 7.02. The molecule has 7 heteroatoms. The highest BCUT2D eigenvalue weighted by molar-refractivity contribution is 14.0. The van der Waals surface area contributed by atoms with Crippen LogP contribution in [0.15, 0.2) is 23.2 Å². The minimum atomic E-state index is 0. The van der Waals surface area contributed by atoms with Gasteiger partial charge < -0.3 is 20.5 Å². The van der Waals surface area contributed by atoms with Gasteiger partial charge in [0, 0.05) is 23.8 Å². The van der Waals surface area contributed by atoms with Gasteiger partial charge in [-0.25, -0.2) is 0 Å². The Morgan fingerprint density at radius 2 is 2.04 bits per heavy atom. The van der Waals surface area contributed by atoms with Crippen LogP contribution < -0.4 is 20.5 Å². The van der Waals surface area contributed by atoms with Crippen molar-refractivity contribution in [3.05, 3.63) is 18.2 Å². The van der Waals surface area contributed by atoms with Crippen molar-refractivity contribution in [1.82, 2.24) is 4.90 Å². The van der Waals surface area contributed by atoms with Gasteiger partial charge >= 0.3 is 0 Å². The van der Waals surface area contributed by atoms with Gasteiger partial charge in [0.2, 0.25) is 0 Å². The Labute approximate surface area is 168 Å². The van der Waals surface area contributed by atoms with Gasteiger partial charge in [-0.3, -0.25) is 9.89 Å². The zero-order chi connectivity index (χ0) is 17.5. The number of nitrogens with one attached hydrogen (secondary N) is 1. The molecule has 0 saturated carbocycles. The van der Waals surface area contributed by atoms with Crippen molar-refractivity contribution in [3.8, 4) is 11.5 Å². The average molecular weight is 462 g/mol. The van der Waals surface area contributed by atoms with Gasteiger partial charge in [-0.05, 0) is 45.4 Å². The average Bonchev–Trinajstić information content (AvgIpc) is 2.60. The predicted molar refractivity (Wildman–Crippen MR) is 115 cm³/mol. The Bertz CT molecular complexity index is 568. The first kappa shape index (κ1) is 21.8. The summed E-state index contributed by atoms with van der Waals surface area (Å²) in [6.45, 7) is 6.36. The molecule has 1 aliphatic rings. The van der Waals surface area contributed by atoms with E-state index in [0.717, 1.165) is 12.2 Å². The summed E-state index contributed by atoms with van der Waals surface area (Å²) >= 11 is 0. The molecule has 0 aromatic heterocycles. The van der Waals surface area contributed by atoms with E-state index in [1.54, 1.807) is 14.2 Å². The molecule has 1 heterocycles. The maximum absolute atomic E-state index is 6.03. The lowest BCUT2D eigenvalue weighted by molar-refractivity contribution is 0.118. The highest BCUT2D eigenvalue weighted by atomic mass is 127. The van der Waals surface area contributed by atoms with Crippen LogP contribution in [0.3, 0.4) is 0 Å². The number of benzene rings is 1. The number of piperidine rings is 1. The molecule has 0 bridgehead atoms. The number of likely N-dealkylation sites (tertiary alicyclic amines) is 1. The zero-order valence-corrected chi connectivity index (χ0v) is 17.9. The zero-order valence-electron chi connectivity index (χ0n) is 15.6. The molecule has 1 aliphatic heterocycles. The Hall–Kier alpha value is -1.22. The third kappa shape index (κ3) is 6.22. The van der Waals surface area contributed by atoms with Gasteiger partial charge in [-0.15, -0.1) is 24.0 Å². The first-order valence-electron chi connectivity index (χ1n) is 8.60. The number of aliphatic imine (C=N–C) groups is 1. The second-order valence-electron chi connectivity index (χ2n) is 6.35. The third-order valence-corrected chi connectivity index (χ3v) is 4.60. The molecule has 1 aromatic rings. The van der Waals surface area contributed by atoms with Crippen molar-refractivity contribution in [2.75, 3.05) is 32.6 Å². The Morgan fingerprint density at radius 3 is 2.68 bits per heavy atom. The van der Waals surface area contributed by atoms with Crippen LogP contribution in [0, 0.1) is 0 Å². The number of methoxy groups -OCH3 is 2. The molecule has 0 spiro atoms. The van der Waals surface area contributed by atoms with Gasteiger partial charge in [0.15, 0.2) is 17.5 Å². The third-order valence-electron chi connectivity index (χ3n) is 4.60. The van der Waals surface area contributed by atoms with Gasteiger partial charge in [0.1, 0.15) is 0 Å². The van der Waals surface area contributed by atoms with Crippen molar-refractivity contribution in [1.29, 1.82) is 0 Å². The molecule has 0 radical (unpaired) electrons. The standard InChI is InChI=1S/C18H30N4O2.HI/c1-13-7-5-6-10-22(13)14(2)12-20-18(19)21-15-8-9-16(23-3)17(11-15)24-4;/h8-9,11,13-14H,5-7,10,12H2,1-4H3,(H3,19,20,21);1H. The van der Waals surface area contributed by atoms with Crippen molar-refractivity contribution >= 4 is 35.6 Å². The molecule has 3 N–H and O–H groups in total. The number of hydrogen-bond donors (Lipinski definition) is 2. The maximum Gasteiger partial charge on any atom is 0.193 e. The molecule has 1 fully saturated rings. The van der Waals surface area contributed by atoms with E-state index < -0.39 is 0 Å². The fourth-order valence-corrected chi connectivity index (χ4v) is 3.21. The minimum absolute atomic E-state index is 0. The number of nitrogens with zero attached hydrogens (tertiary/aromatic N) is 2. The quantitative estimate of drug-likeness (QED) is 0.386. The Balaban J connectivity index is 0.00000312. The van der Waals surface area contributed by atoms with Crippen molar-refractivity contribution in [3.63, 3.8) is 0 Å². The number of ether oxygens (including phenoxy) is 2. The van der Waals surface area contributed by atoms with E-state index in [1.807, 2.05) is 18.2 Å². The molecule has 2 rings (SSSR count). The lowest BCUT2D eigenvalue weighted by Crippen LogP contribution is -2.45. The fraction of sp³-hybridized carbons (Fsp3) is 0.611. The van der Waals surface area contributed by atoms with Gasteiger partial charge in [0.05, 0.1) is 20.8 Å². The number of rotatable bonds is 6. The summed E-state index contributed by atoms with van der Waals surface area (Å²) in [5.41, 5.74) is 6.86. The van der Waals surface area contributed by atoms with E-state index in [4.69, 9.17) is 15.2 Å². The Morgan fingerprint density at radius 1 is 1.32 bits per heavy atom. The second kappa shape index (κ2) is 10.7. The van der Waals surface area contributed by atoms with Crippen LogP contribution in [0.25, 0.3) is 0 Å². The van der Waals surface area contributed by atoms with Crippen LogP contribution in [0.2, 0.25) is 0 Å². The normalized spacial score (nSPS) is 19.7. The predicted octanol–water partition coefficient (Wildman–Crippen LogP) is 3.31. The highest BCUT2D eigenvalue weighted by Gasteiger charge is 2.22. The summed E-state index contributed by atoms with van der Waals surface area (Å²) in [6, 6.07) is 6.60. The molecule has 2 unspecified atom stereocenters. The van der Waals surface area contributed by atoms with E-state index in [9.17, 15) is 0 Å². The summed E-state index contributed by atoms with van der Waals surface area (Å²) in [5.74, 6) is 1.76. The van der Waals surface area contributed by atoms with Crippen molar-refractivity contribution in [2.24, 2.45) is 10.7 Å². The van der Waals surface area contributed by atoms with Crippen LogP contribution >= 0.6 is 24.0 Å². The molecule has 0 amide bonds. The molecule has 142 valence electrons. The number of hydrogen-bond acceptors (Lipinski definition) is 4. The molecule has 1 aromatic carbocycles. The molecule has 2 atom stereocenters. The van der Waals surface area contributed by atoms with Crippen LogP contribution in [0.1, 0.15) is 33.1 Å². The number of halogens is 1. The summed E-state index contributed by atoms with van der Waals surface area (Å²) in [6.07, 6.45) is 3.88. The number of guanidine groups is 1. The molecule has 25 heavy (non-hydrogen) atoms. The van der Waals surface area contributed by atoms with E-state index in [0.29, 0.717) is 36.1 Å². The molecule has 6 nitrogen and oxygen atoms in total.